The van der Waals surface area contributed by atoms with Crippen molar-refractivity contribution >= 4 is 11.6 Å². The van der Waals surface area contributed by atoms with E-state index in [1.165, 1.54) is 12.8 Å². The van der Waals surface area contributed by atoms with Crippen LogP contribution in [0.15, 0.2) is 36.4 Å². The van der Waals surface area contributed by atoms with Crippen LogP contribution in [0.2, 0.25) is 0 Å². The lowest BCUT2D eigenvalue weighted by atomic mass is 9.67. The van der Waals surface area contributed by atoms with Gasteiger partial charge in [0.1, 0.15) is 11.5 Å². The molecule has 40 heavy (non-hydrogen) atoms. The van der Waals surface area contributed by atoms with E-state index in [4.69, 9.17) is 14.2 Å². The van der Waals surface area contributed by atoms with E-state index in [-0.39, 0.29) is 11.3 Å². The molecular formula is C31H37N5O4. The van der Waals surface area contributed by atoms with Gasteiger partial charge in [0.2, 0.25) is 0 Å². The number of hydrogen-bond donors (Lipinski definition) is 1. The van der Waals surface area contributed by atoms with Crippen molar-refractivity contribution < 1.29 is 19.0 Å². The molecule has 1 unspecified atom stereocenters. The van der Waals surface area contributed by atoms with E-state index < -0.39 is 5.54 Å². The van der Waals surface area contributed by atoms with Crippen molar-refractivity contribution in [2.24, 2.45) is 5.41 Å². The van der Waals surface area contributed by atoms with Crippen LogP contribution in [0.25, 0.3) is 0 Å². The van der Waals surface area contributed by atoms with Gasteiger partial charge in [0.25, 0.3) is 5.91 Å². The molecule has 7 rings (SSSR count). The molecule has 2 aromatic carbocycles. The summed E-state index contributed by atoms with van der Waals surface area (Å²) in [6.07, 6.45) is 2.43. The molecule has 5 heterocycles. The molecule has 0 aromatic heterocycles. The number of carbonyl (C=O) groups is 1. The Bertz CT molecular complexity index is 1350. The number of nitrogens with zero attached hydrogens (tertiary/aromatic N) is 4. The van der Waals surface area contributed by atoms with Gasteiger partial charge in [0, 0.05) is 67.5 Å². The third kappa shape index (κ3) is 3.85. The van der Waals surface area contributed by atoms with Crippen molar-refractivity contribution in [3.63, 3.8) is 0 Å². The van der Waals surface area contributed by atoms with E-state index in [1.54, 1.807) is 13.2 Å². The monoisotopic (exact) mass is 543 g/mol. The van der Waals surface area contributed by atoms with Crippen LogP contribution in [-0.4, -0.2) is 98.9 Å². The van der Waals surface area contributed by atoms with Crippen LogP contribution in [0.5, 0.6) is 11.5 Å². The Labute approximate surface area is 235 Å². The van der Waals surface area contributed by atoms with Gasteiger partial charge in [-0.15, -0.1) is 0 Å². The topological polar surface area (TPSA) is 90.3 Å². The zero-order valence-electron chi connectivity index (χ0n) is 23.3. The molecule has 1 atom stereocenters. The molecule has 5 aliphatic rings. The number of rotatable bonds is 7. The molecule has 4 saturated heterocycles. The molecule has 0 saturated carbocycles. The van der Waals surface area contributed by atoms with Gasteiger partial charge in [-0.25, -0.2) is 0 Å². The van der Waals surface area contributed by atoms with Crippen molar-refractivity contribution in [1.82, 2.24) is 14.7 Å². The molecule has 9 heteroatoms. The number of piperidine rings is 1. The summed E-state index contributed by atoms with van der Waals surface area (Å²) in [7, 11) is 1.63. The summed E-state index contributed by atoms with van der Waals surface area (Å²) < 4.78 is 17.1. The van der Waals surface area contributed by atoms with Crippen molar-refractivity contribution in [1.29, 1.82) is 5.26 Å². The molecule has 1 spiro atoms. The number of fused-ring (bicyclic) bond motifs is 1. The first kappa shape index (κ1) is 25.8. The number of methoxy groups -OCH3 is 1. The predicted molar refractivity (Wildman–Crippen MR) is 150 cm³/mol. The van der Waals surface area contributed by atoms with Gasteiger partial charge in [0.05, 0.1) is 44.6 Å². The molecule has 1 amide bonds. The highest BCUT2D eigenvalue weighted by molar-refractivity contribution is 6.09. The lowest BCUT2D eigenvalue weighted by Gasteiger charge is -2.65. The number of likely N-dealkylation sites (tertiary alicyclic amines) is 3. The zero-order valence-corrected chi connectivity index (χ0v) is 23.3. The van der Waals surface area contributed by atoms with Gasteiger partial charge in [-0.2, -0.15) is 5.26 Å². The van der Waals surface area contributed by atoms with Crippen LogP contribution in [-0.2, 0) is 15.1 Å². The minimum atomic E-state index is -1.09. The lowest BCUT2D eigenvalue weighted by molar-refractivity contribution is -0.171. The molecule has 210 valence electrons. The maximum absolute atomic E-state index is 14.1. The van der Waals surface area contributed by atoms with Crippen molar-refractivity contribution in [2.75, 3.05) is 71.5 Å². The normalized spacial score (nSPS) is 26.8. The molecule has 2 aromatic rings. The number of benzene rings is 2. The minimum absolute atomic E-state index is 0.106. The van der Waals surface area contributed by atoms with Crippen LogP contribution in [0.4, 0.5) is 5.69 Å². The fourth-order valence-electron chi connectivity index (χ4n) is 7.63. The number of amides is 1. The van der Waals surface area contributed by atoms with Crippen LogP contribution >= 0.6 is 0 Å². The Hall–Kier alpha value is -3.16. The highest BCUT2D eigenvalue weighted by Crippen LogP contribution is 2.55. The summed E-state index contributed by atoms with van der Waals surface area (Å²) in [5.41, 5.74) is 1.94. The van der Waals surface area contributed by atoms with Crippen LogP contribution in [0.3, 0.4) is 0 Å². The van der Waals surface area contributed by atoms with Crippen molar-refractivity contribution in [2.45, 2.75) is 37.4 Å². The second kappa shape index (κ2) is 9.74. The van der Waals surface area contributed by atoms with Crippen LogP contribution < -0.4 is 14.8 Å². The average molecular weight is 544 g/mol. The third-order valence-corrected chi connectivity index (χ3v) is 9.75. The van der Waals surface area contributed by atoms with E-state index in [0.29, 0.717) is 35.8 Å². The fraction of sp³-hybridized carbons (Fsp3) is 0.548. The molecule has 4 fully saturated rings. The Morgan fingerprint density at radius 2 is 1.80 bits per heavy atom. The quantitative estimate of drug-likeness (QED) is 0.570. The van der Waals surface area contributed by atoms with Gasteiger partial charge in [-0.05, 0) is 56.2 Å². The van der Waals surface area contributed by atoms with E-state index in [9.17, 15) is 10.1 Å². The lowest BCUT2D eigenvalue weighted by Crippen LogP contribution is -2.77. The average Bonchev–Trinajstić information content (AvgIpc) is 3.18. The fourth-order valence-corrected chi connectivity index (χ4v) is 7.63. The first-order valence-corrected chi connectivity index (χ1v) is 14.5. The van der Waals surface area contributed by atoms with Gasteiger partial charge in [-0.1, -0.05) is 0 Å². The number of carbonyl (C=O) groups excluding carboxylic acids is 1. The van der Waals surface area contributed by atoms with Crippen LogP contribution in [0, 0.1) is 16.7 Å². The molecule has 9 nitrogen and oxygen atoms in total. The third-order valence-electron chi connectivity index (χ3n) is 9.75. The molecule has 1 N–H and O–H groups in total. The second-order valence-corrected chi connectivity index (χ2v) is 12.1. The molecule has 0 radical (unpaired) electrons. The maximum atomic E-state index is 14.1. The number of hydrogen-bond acceptors (Lipinski definition) is 8. The minimum Gasteiger partial charge on any atom is -0.497 e. The summed E-state index contributed by atoms with van der Waals surface area (Å²) in [6.45, 7) is 10.3. The summed E-state index contributed by atoms with van der Waals surface area (Å²) in [5, 5.41) is 12.9. The van der Waals surface area contributed by atoms with Crippen molar-refractivity contribution in [3.05, 3.63) is 53.1 Å². The van der Waals surface area contributed by atoms with E-state index in [2.05, 4.69) is 26.1 Å². The van der Waals surface area contributed by atoms with Gasteiger partial charge in [0.15, 0.2) is 5.54 Å². The first-order chi connectivity index (χ1) is 19.5. The number of anilines is 1. The SMILES string of the molecule is CCOc1ccc(OC)cc1C1(N2CC3(CN(C4CCN(C5COC5)CC4)C3)C2)C(=O)Nc2ccc(C#N)cc21. The standard InChI is InChI=1S/C31H37N5O4/c1-3-40-28-7-5-24(38-2)13-26(28)31(25-12-21(14-32)4-6-27(25)33-29(31)37)36-19-30(20-36)17-35(18-30)22-8-10-34(11-9-22)23-15-39-16-23/h4-7,12-13,22-23H,3,8-11,15-20H2,1-2H3,(H,33,37). The predicted octanol–water partition coefficient (Wildman–Crippen LogP) is 2.64. The summed E-state index contributed by atoms with van der Waals surface area (Å²) in [5.74, 6) is 1.22. The summed E-state index contributed by atoms with van der Waals surface area (Å²) in [6, 6.07) is 14.7. The van der Waals surface area contributed by atoms with Gasteiger partial charge in [-0.3, -0.25) is 19.5 Å². The second-order valence-electron chi connectivity index (χ2n) is 12.1. The Kier molecular flexibility index (Phi) is 6.28. The number of nitrogens with one attached hydrogen (secondary N) is 1. The Morgan fingerprint density at radius 1 is 1.02 bits per heavy atom. The largest absolute Gasteiger partial charge is 0.497 e. The Morgan fingerprint density at radius 3 is 2.45 bits per heavy atom. The smallest absolute Gasteiger partial charge is 0.254 e. The summed E-state index contributed by atoms with van der Waals surface area (Å²) >= 11 is 0. The molecule has 0 aliphatic carbocycles. The molecular weight excluding hydrogens is 506 g/mol. The summed E-state index contributed by atoms with van der Waals surface area (Å²) in [4.78, 5) is 21.7. The highest BCUT2D eigenvalue weighted by Gasteiger charge is 2.63. The first-order valence-electron chi connectivity index (χ1n) is 14.5. The number of ether oxygens (including phenoxy) is 3. The highest BCUT2D eigenvalue weighted by atomic mass is 16.5. The zero-order chi connectivity index (χ0) is 27.5. The Balaban J connectivity index is 1.16. The van der Waals surface area contributed by atoms with Gasteiger partial charge >= 0.3 is 0 Å². The molecule has 5 aliphatic heterocycles. The van der Waals surface area contributed by atoms with E-state index in [1.807, 2.05) is 37.3 Å². The maximum Gasteiger partial charge on any atom is 0.254 e. The van der Waals surface area contributed by atoms with E-state index in [0.717, 1.165) is 69.3 Å². The number of nitriles is 1. The van der Waals surface area contributed by atoms with Gasteiger partial charge < -0.3 is 19.5 Å². The van der Waals surface area contributed by atoms with Crippen molar-refractivity contribution in [3.8, 4) is 17.6 Å². The molecule has 0 bridgehead atoms. The van der Waals surface area contributed by atoms with E-state index >= 15 is 0 Å². The van der Waals surface area contributed by atoms with Crippen LogP contribution in [0.1, 0.15) is 36.5 Å².